The van der Waals surface area contributed by atoms with Gasteiger partial charge in [-0.1, -0.05) is 96.0 Å². The van der Waals surface area contributed by atoms with Crippen LogP contribution in [0.3, 0.4) is 0 Å². The van der Waals surface area contributed by atoms with Crippen LogP contribution < -0.4 is 16.0 Å². The minimum absolute atomic E-state index is 0.128. The van der Waals surface area contributed by atoms with Crippen LogP contribution in [0.1, 0.15) is 26.7 Å². The Labute approximate surface area is 279 Å². The molecule has 6 nitrogen and oxygen atoms in total. The fraction of sp³-hybridized carbons (Fsp3) is 0.0278. The molecule has 0 fully saturated rings. The molecule has 5 aromatic rings. The van der Waals surface area contributed by atoms with E-state index in [1.165, 1.54) is 36.0 Å². The molecule has 5 aromatic carbocycles. The first-order chi connectivity index (χ1) is 22.3. The van der Waals surface area contributed by atoms with Gasteiger partial charge < -0.3 is 16.0 Å². The molecule has 230 valence electrons. The summed E-state index contributed by atoms with van der Waals surface area (Å²) < 4.78 is 14.5. The number of hydrogen-bond acceptors (Lipinski definition) is 4. The quantitative estimate of drug-likeness (QED) is 0.102. The van der Waals surface area contributed by atoms with Gasteiger partial charge in [-0.05, 0) is 66.2 Å². The monoisotopic (exact) mass is 669 g/mol. The smallest absolute Gasteiger partial charge is 0.272 e. The Morgan fingerprint density at radius 2 is 1.43 bits per heavy atom. The third-order valence-corrected chi connectivity index (χ3v) is 8.41. The normalized spacial score (nSPS) is 11.8. The van der Waals surface area contributed by atoms with Gasteiger partial charge in [-0.25, -0.2) is 4.39 Å². The van der Waals surface area contributed by atoms with Gasteiger partial charge in [-0.15, -0.1) is 11.8 Å². The lowest BCUT2D eigenvalue weighted by Crippen LogP contribution is -2.30. The summed E-state index contributed by atoms with van der Waals surface area (Å²) in [4.78, 5) is 40.7. The summed E-state index contributed by atoms with van der Waals surface area (Å²) in [6.07, 6.45) is 1.28. The summed E-state index contributed by atoms with van der Waals surface area (Å²) in [5, 5.41) is 8.35. The summed E-state index contributed by atoms with van der Waals surface area (Å²) in [7, 11) is 0. The van der Waals surface area contributed by atoms with E-state index in [2.05, 4.69) is 16.0 Å². The van der Waals surface area contributed by atoms with Gasteiger partial charge in [0.05, 0.1) is 10.7 Å². The Balaban J connectivity index is 1.38. The molecule has 0 aromatic heterocycles. The molecule has 10 heteroatoms. The first kappa shape index (κ1) is 32.5. The van der Waals surface area contributed by atoms with E-state index < -0.39 is 22.9 Å². The average molecular weight is 671 g/mol. The van der Waals surface area contributed by atoms with E-state index in [4.69, 9.17) is 23.2 Å². The van der Waals surface area contributed by atoms with Crippen molar-refractivity contribution in [3.8, 4) is 0 Å². The topological polar surface area (TPSA) is 87.3 Å². The molecule has 0 radical (unpaired) electrons. The van der Waals surface area contributed by atoms with Crippen molar-refractivity contribution in [2.45, 2.75) is 10.1 Å². The number of nitrogens with one attached hydrogen (secondary N) is 3. The van der Waals surface area contributed by atoms with Crippen molar-refractivity contribution in [3.05, 3.63) is 166 Å². The molecule has 3 N–H and O–H groups in total. The molecule has 1 unspecified atom stereocenters. The summed E-state index contributed by atoms with van der Waals surface area (Å²) in [6.45, 7) is 0. The fourth-order valence-electron chi connectivity index (χ4n) is 4.36. The van der Waals surface area contributed by atoms with E-state index >= 15 is 0 Å². The van der Waals surface area contributed by atoms with Crippen LogP contribution in [0, 0.1) is 5.82 Å². The molecule has 0 heterocycles. The molecule has 0 saturated heterocycles. The van der Waals surface area contributed by atoms with E-state index in [9.17, 15) is 18.8 Å². The maximum Gasteiger partial charge on any atom is 0.272 e. The molecule has 1 atom stereocenters. The SMILES string of the molecule is O=C(Nc1cccc(SC(C(=O)Nc2ccc(Cl)cc2Cl)c2ccccc2)c1)/C(=C/c1ccccc1F)NC(=O)c1ccccc1. The number of carbonyl (C=O) groups excluding carboxylic acids is 3. The van der Waals surface area contributed by atoms with Crippen LogP contribution in [0.4, 0.5) is 15.8 Å². The zero-order chi connectivity index (χ0) is 32.5. The van der Waals surface area contributed by atoms with Crippen molar-refractivity contribution in [3.63, 3.8) is 0 Å². The van der Waals surface area contributed by atoms with E-state index in [-0.39, 0.29) is 17.2 Å². The summed E-state index contributed by atoms with van der Waals surface area (Å²) >= 11 is 13.6. The van der Waals surface area contributed by atoms with Crippen LogP contribution in [-0.4, -0.2) is 17.7 Å². The maximum absolute atomic E-state index is 14.5. The van der Waals surface area contributed by atoms with Crippen molar-refractivity contribution in [1.29, 1.82) is 0 Å². The van der Waals surface area contributed by atoms with Crippen molar-refractivity contribution in [2.75, 3.05) is 10.6 Å². The van der Waals surface area contributed by atoms with Crippen molar-refractivity contribution in [1.82, 2.24) is 5.32 Å². The van der Waals surface area contributed by atoms with Crippen molar-refractivity contribution < 1.29 is 18.8 Å². The zero-order valence-corrected chi connectivity index (χ0v) is 26.4. The van der Waals surface area contributed by atoms with Gasteiger partial charge in [0, 0.05) is 26.7 Å². The largest absolute Gasteiger partial charge is 0.323 e. The minimum Gasteiger partial charge on any atom is -0.323 e. The molecule has 0 aliphatic carbocycles. The Hall–Kier alpha value is -4.89. The number of hydrogen-bond donors (Lipinski definition) is 3. The van der Waals surface area contributed by atoms with E-state index in [0.717, 1.165) is 5.56 Å². The molecule has 0 spiro atoms. The number of anilines is 2. The zero-order valence-electron chi connectivity index (χ0n) is 24.0. The fourth-order valence-corrected chi connectivity index (χ4v) is 5.90. The van der Waals surface area contributed by atoms with Crippen LogP contribution in [-0.2, 0) is 9.59 Å². The summed E-state index contributed by atoms with van der Waals surface area (Å²) in [5.74, 6) is -2.05. The van der Waals surface area contributed by atoms with Gasteiger partial charge in [0.1, 0.15) is 16.8 Å². The highest BCUT2D eigenvalue weighted by Gasteiger charge is 2.23. The number of benzene rings is 5. The molecule has 0 bridgehead atoms. The highest BCUT2D eigenvalue weighted by atomic mass is 35.5. The Kier molecular flexibility index (Phi) is 10.9. The molecular weight excluding hydrogens is 644 g/mol. The minimum atomic E-state index is -0.680. The van der Waals surface area contributed by atoms with Crippen LogP contribution >= 0.6 is 35.0 Å². The first-order valence-electron chi connectivity index (χ1n) is 14.0. The molecule has 5 rings (SSSR count). The van der Waals surface area contributed by atoms with E-state index in [0.29, 0.717) is 31.9 Å². The summed E-state index contributed by atoms with van der Waals surface area (Å²) in [5.41, 5.74) is 1.88. The highest BCUT2D eigenvalue weighted by Crippen LogP contribution is 2.38. The molecular formula is C36H26Cl2FN3O3S. The lowest BCUT2D eigenvalue weighted by Gasteiger charge is -2.18. The Morgan fingerprint density at radius 3 is 2.15 bits per heavy atom. The van der Waals surface area contributed by atoms with Gasteiger partial charge >= 0.3 is 0 Å². The number of halogens is 3. The van der Waals surface area contributed by atoms with Gasteiger partial charge in [-0.3, -0.25) is 14.4 Å². The average Bonchev–Trinajstić information content (AvgIpc) is 3.06. The van der Waals surface area contributed by atoms with Gasteiger partial charge in [-0.2, -0.15) is 0 Å². The first-order valence-corrected chi connectivity index (χ1v) is 15.6. The lowest BCUT2D eigenvalue weighted by atomic mass is 10.1. The van der Waals surface area contributed by atoms with Crippen LogP contribution in [0.5, 0.6) is 0 Å². The Bertz CT molecular complexity index is 1910. The molecule has 0 aliphatic heterocycles. The van der Waals surface area contributed by atoms with Crippen molar-refractivity contribution in [2.24, 2.45) is 0 Å². The van der Waals surface area contributed by atoms with Crippen molar-refractivity contribution >= 4 is 70.1 Å². The lowest BCUT2D eigenvalue weighted by molar-refractivity contribution is -0.116. The molecule has 0 aliphatic rings. The predicted octanol–water partition coefficient (Wildman–Crippen LogP) is 9.01. The van der Waals surface area contributed by atoms with E-state index in [1.807, 2.05) is 36.4 Å². The second kappa shape index (κ2) is 15.4. The molecule has 3 amide bonds. The van der Waals surface area contributed by atoms with Crippen LogP contribution in [0.2, 0.25) is 10.0 Å². The van der Waals surface area contributed by atoms with Gasteiger partial charge in [0.15, 0.2) is 0 Å². The van der Waals surface area contributed by atoms with Gasteiger partial charge in [0.2, 0.25) is 5.91 Å². The molecule has 0 saturated carbocycles. The number of rotatable bonds is 10. The second-order valence-corrected chi connectivity index (χ2v) is 11.9. The summed E-state index contributed by atoms with van der Waals surface area (Å²) in [6, 6.07) is 35.3. The standard InChI is InChI=1S/C36H26Cl2FN3O3S/c37-26-18-19-31(29(38)21-26)41-36(45)33(23-10-3-1-4-11-23)46-28-16-9-15-27(22-28)40-35(44)32(20-25-14-7-8-17-30(25)39)42-34(43)24-12-5-2-6-13-24/h1-22,33H,(H,40,44)(H,41,45)(H,42,43)/b32-20-. The van der Waals surface area contributed by atoms with E-state index in [1.54, 1.807) is 72.8 Å². The highest BCUT2D eigenvalue weighted by molar-refractivity contribution is 8.00. The third-order valence-electron chi connectivity index (χ3n) is 6.61. The number of thioether (sulfide) groups is 1. The molecule has 46 heavy (non-hydrogen) atoms. The van der Waals surface area contributed by atoms with Crippen LogP contribution in [0.15, 0.2) is 138 Å². The number of carbonyl (C=O) groups is 3. The third kappa shape index (κ3) is 8.63. The second-order valence-electron chi connectivity index (χ2n) is 9.90. The maximum atomic E-state index is 14.5. The number of amides is 3. The van der Waals surface area contributed by atoms with Gasteiger partial charge in [0.25, 0.3) is 11.8 Å². The van der Waals surface area contributed by atoms with Crippen LogP contribution in [0.25, 0.3) is 6.08 Å². The predicted molar refractivity (Wildman–Crippen MR) is 183 cm³/mol. The Morgan fingerprint density at radius 1 is 0.739 bits per heavy atom.